The molecule has 0 spiro atoms. The Balaban J connectivity index is 1.32. The molecule has 4 rings (SSSR count). The number of carbonyl (C=O) groups excluding carboxylic acids is 1. The van der Waals surface area contributed by atoms with Crippen LogP contribution in [0.25, 0.3) is 0 Å². The lowest BCUT2D eigenvalue weighted by Crippen LogP contribution is -2.58. The highest BCUT2D eigenvalue weighted by Crippen LogP contribution is 2.33. The number of imidazole rings is 1. The molecule has 1 amide bonds. The molecule has 3 aliphatic heterocycles. The second-order valence-electron chi connectivity index (χ2n) is 7.73. The topological polar surface area (TPSA) is 50.6 Å². The molecule has 6 heteroatoms. The van der Waals surface area contributed by atoms with Crippen LogP contribution in [-0.4, -0.2) is 70.2 Å². The van der Waals surface area contributed by atoms with E-state index in [1.807, 2.05) is 18.7 Å². The quantitative estimate of drug-likeness (QED) is 0.815. The number of aromatic nitrogens is 2. The summed E-state index contributed by atoms with van der Waals surface area (Å²) in [6.07, 6.45) is 12.0. The van der Waals surface area contributed by atoms with Crippen molar-refractivity contribution in [2.75, 3.05) is 32.8 Å². The molecule has 0 unspecified atom stereocenters. The van der Waals surface area contributed by atoms with E-state index < -0.39 is 0 Å². The molecule has 1 aromatic heterocycles. The predicted molar refractivity (Wildman–Crippen MR) is 95.1 cm³/mol. The van der Waals surface area contributed by atoms with E-state index in [9.17, 15) is 4.79 Å². The average molecular weight is 346 g/mol. The van der Waals surface area contributed by atoms with E-state index in [1.54, 1.807) is 0 Å². The summed E-state index contributed by atoms with van der Waals surface area (Å²) in [5.74, 6) is 1.02. The van der Waals surface area contributed by atoms with Crippen LogP contribution in [0.15, 0.2) is 18.7 Å². The fourth-order valence-electron chi connectivity index (χ4n) is 4.89. The van der Waals surface area contributed by atoms with E-state index in [-0.39, 0.29) is 0 Å². The van der Waals surface area contributed by atoms with Gasteiger partial charge >= 0.3 is 0 Å². The van der Waals surface area contributed by atoms with Crippen molar-refractivity contribution in [2.24, 2.45) is 5.92 Å². The molecule has 138 valence electrons. The second-order valence-corrected chi connectivity index (χ2v) is 7.73. The predicted octanol–water partition coefficient (Wildman–Crippen LogP) is 1.77. The Labute approximate surface area is 150 Å². The van der Waals surface area contributed by atoms with Crippen molar-refractivity contribution in [3.8, 4) is 0 Å². The number of piperidine rings is 2. The number of aryl methyl sites for hydroxylation is 1. The van der Waals surface area contributed by atoms with E-state index in [0.29, 0.717) is 23.9 Å². The first-order valence-electron chi connectivity index (χ1n) is 9.88. The maximum Gasteiger partial charge on any atom is 0.222 e. The lowest BCUT2D eigenvalue weighted by Gasteiger charge is -2.49. The van der Waals surface area contributed by atoms with E-state index >= 15 is 0 Å². The van der Waals surface area contributed by atoms with Crippen LogP contribution in [0.2, 0.25) is 0 Å². The van der Waals surface area contributed by atoms with Gasteiger partial charge in [0.1, 0.15) is 0 Å². The minimum atomic E-state index is 0.367. The van der Waals surface area contributed by atoms with E-state index in [4.69, 9.17) is 4.74 Å². The van der Waals surface area contributed by atoms with Crippen LogP contribution in [0.5, 0.6) is 0 Å². The molecule has 0 N–H and O–H groups in total. The number of likely N-dealkylation sites (tertiary alicyclic amines) is 2. The van der Waals surface area contributed by atoms with Gasteiger partial charge in [0, 0.05) is 70.3 Å². The summed E-state index contributed by atoms with van der Waals surface area (Å²) in [5, 5.41) is 0. The molecule has 3 fully saturated rings. The molecule has 3 aliphatic rings. The number of rotatable bonds is 5. The second kappa shape index (κ2) is 7.87. The number of hydrogen-bond donors (Lipinski definition) is 0. The van der Waals surface area contributed by atoms with Crippen molar-refractivity contribution in [1.29, 1.82) is 0 Å². The van der Waals surface area contributed by atoms with Crippen molar-refractivity contribution in [2.45, 2.75) is 57.2 Å². The highest BCUT2D eigenvalue weighted by atomic mass is 16.5. The zero-order valence-electron chi connectivity index (χ0n) is 15.1. The lowest BCUT2D eigenvalue weighted by atomic mass is 9.82. The van der Waals surface area contributed by atoms with Gasteiger partial charge in [-0.1, -0.05) is 0 Å². The Kier molecular flexibility index (Phi) is 5.36. The van der Waals surface area contributed by atoms with Gasteiger partial charge in [0.25, 0.3) is 0 Å². The molecule has 4 heterocycles. The van der Waals surface area contributed by atoms with Gasteiger partial charge in [0.05, 0.1) is 6.33 Å². The molecule has 25 heavy (non-hydrogen) atoms. The van der Waals surface area contributed by atoms with Crippen molar-refractivity contribution < 1.29 is 9.53 Å². The summed E-state index contributed by atoms with van der Waals surface area (Å²) >= 11 is 0. The first kappa shape index (κ1) is 17.0. The summed E-state index contributed by atoms with van der Waals surface area (Å²) in [6, 6.07) is 1.15. The Morgan fingerprint density at radius 1 is 1.16 bits per heavy atom. The maximum absolute atomic E-state index is 12.5. The number of fused-ring (bicyclic) bond motifs is 1. The Bertz CT molecular complexity index is 556. The van der Waals surface area contributed by atoms with Gasteiger partial charge in [-0.15, -0.1) is 0 Å². The van der Waals surface area contributed by atoms with Crippen molar-refractivity contribution in [3.63, 3.8) is 0 Å². The summed E-state index contributed by atoms with van der Waals surface area (Å²) in [4.78, 5) is 21.5. The lowest BCUT2D eigenvalue weighted by molar-refractivity contribution is -0.142. The number of nitrogens with zero attached hydrogens (tertiary/aromatic N) is 4. The first-order valence-corrected chi connectivity index (χ1v) is 9.88. The molecule has 0 saturated carbocycles. The van der Waals surface area contributed by atoms with E-state index in [2.05, 4.69) is 19.4 Å². The van der Waals surface area contributed by atoms with Gasteiger partial charge in [-0.25, -0.2) is 4.98 Å². The molecular weight excluding hydrogens is 316 g/mol. The van der Waals surface area contributed by atoms with Crippen LogP contribution in [0.3, 0.4) is 0 Å². The van der Waals surface area contributed by atoms with Crippen LogP contribution >= 0.6 is 0 Å². The minimum Gasteiger partial charge on any atom is -0.381 e. The Morgan fingerprint density at radius 3 is 2.84 bits per heavy atom. The first-order chi connectivity index (χ1) is 12.3. The van der Waals surface area contributed by atoms with Crippen LogP contribution in [-0.2, 0) is 16.1 Å². The van der Waals surface area contributed by atoms with Gasteiger partial charge in [0.2, 0.25) is 5.91 Å². The van der Waals surface area contributed by atoms with Crippen LogP contribution in [0.1, 0.15) is 38.5 Å². The van der Waals surface area contributed by atoms with Crippen molar-refractivity contribution >= 4 is 5.91 Å². The van der Waals surface area contributed by atoms with Gasteiger partial charge < -0.3 is 14.2 Å². The highest BCUT2D eigenvalue weighted by molar-refractivity contribution is 5.77. The molecular formula is C19H30N4O2. The Hall–Kier alpha value is -1.40. The van der Waals surface area contributed by atoms with Crippen LogP contribution < -0.4 is 0 Å². The molecule has 3 saturated heterocycles. The molecule has 2 atom stereocenters. The largest absolute Gasteiger partial charge is 0.381 e. The summed E-state index contributed by atoms with van der Waals surface area (Å²) in [5.41, 5.74) is 0. The smallest absolute Gasteiger partial charge is 0.222 e. The number of hydrogen-bond acceptors (Lipinski definition) is 4. The maximum atomic E-state index is 12.5. The summed E-state index contributed by atoms with van der Waals surface area (Å²) in [6.45, 7) is 5.95. The average Bonchev–Trinajstić information content (AvgIpc) is 3.17. The van der Waals surface area contributed by atoms with Gasteiger partial charge in [-0.2, -0.15) is 0 Å². The van der Waals surface area contributed by atoms with Crippen LogP contribution in [0, 0.1) is 5.92 Å². The van der Waals surface area contributed by atoms with Crippen LogP contribution in [0.4, 0.5) is 0 Å². The standard InChI is InChI=1S/C19H30N4O2/c24-19-3-2-16-14-22(17-5-12-25-13-6-17)10-4-18(16)23(19)9-1-8-21-11-7-20-15-21/h7,11,15-18H,1-6,8-10,12-14H2/t16-,18+/m0/s1. The SMILES string of the molecule is O=C1CC[C@H]2CN(C3CCOCC3)CC[C@H]2N1CCCn1ccnc1. The third-order valence-electron chi connectivity index (χ3n) is 6.26. The van der Waals surface area contributed by atoms with E-state index in [1.165, 1.54) is 19.4 Å². The monoisotopic (exact) mass is 346 g/mol. The number of ether oxygens (including phenoxy) is 1. The molecule has 6 nitrogen and oxygen atoms in total. The fourth-order valence-corrected chi connectivity index (χ4v) is 4.89. The summed E-state index contributed by atoms with van der Waals surface area (Å²) < 4.78 is 7.61. The van der Waals surface area contributed by atoms with Crippen molar-refractivity contribution in [3.05, 3.63) is 18.7 Å². The molecule has 0 radical (unpaired) electrons. The van der Waals surface area contributed by atoms with Gasteiger partial charge in [0.15, 0.2) is 0 Å². The normalized spacial score (nSPS) is 29.0. The third-order valence-corrected chi connectivity index (χ3v) is 6.26. The van der Waals surface area contributed by atoms with E-state index in [0.717, 1.165) is 58.5 Å². The zero-order valence-corrected chi connectivity index (χ0v) is 15.1. The van der Waals surface area contributed by atoms with Crippen molar-refractivity contribution in [1.82, 2.24) is 19.4 Å². The molecule has 0 bridgehead atoms. The van der Waals surface area contributed by atoms with Gasteiger partial charge in [-0.05, 0) is 38.0 Å². The zero-order chi connectivity index (χ0) is 17.1. The van der Waals surface area contributed by atoms with Gasteiger partial charge in [-0.3, -0.25) is 9.69 Å². The highest BCUT2D eigenvalue weighted by Gasteiger charge is 2.40. The minimum absolute atomic E-state index is 0.367. The molecule has 1 aromatic rings. The summed E-state index contributed by atoms with van der Waals surface area (Å²) in [7, 11) is 0. The number of carbonyl (C=O) groups is 1. The fraction of sp³-hybridized carbons (Fsp3) is 0.789. The molecule has 0 aliphatic carbocycles. The number of amides is 1. The third kappa shape index (κ3) is 3.90. The molecule has 0 aromatic carbocycles. The Morgan fingerprint density at radius 2 is 2.04 bits per heavy atom.